The van der Waals surface area contributed by atoms with Gasteiger partial charge in [0.25, 0.3) is 0 Å². The normalized spacial score (nSPS) is 13.0. The van der Waals surface area contributed by atoms with E-state index in [0.717, 1.165) is 25.6 Å². The lowest BCUT2D eigenvalue weighted by atomic mass is 10.3. The quantitative estimate of drug-likeness (QED) is 0.732. The zero-order valence-electron chi connectivity index (χ0n) is 11.9. The first-order chi connectivity index (χ1) is 11.0. The number of nitrogens with one attached hydrogen (secondary N) is 3. The van der Waals surface area contributed by atoms with E-state index in [1.165, 1.54) is 18.3 Å². The van der Waals surface area contributed by atoms with Gasteiger partial charge in [-0.15, -0.1) is 0 Å². The summed E-state index contributed by atoms with van der Waals surface area (Å²) in [5.41, 5.74) is 0.564. The van der Waals surface area contributed by atoms with Crippen LogP contribution in [0.1, 0.15) is 6.42 Å². The highest BCUT2D eigenvalue weighted by Crippen LogP contribution is 2.24. The van der Waals surface area contributed by atoms with Gasteiger partial charge < -0.3 is 16.0 Å². The Morgan fingerprint density at radius 1 is 1.30 bits per heavy atom. The lowest BCUT2D eigenvalue weighted by molar-refractivity contribution is -0.132. The number of benzene rings is 1. The van der Waals surface area contributed by atoms with Crippen LogP contribution in [-0.4, -0.2) is 28.1 Å². The summed E-state index contributed by atoms with van der Waals surface area (Å²) in [5, 5.41) is 11.9. The van der Waals surface area contributed by atoms with E-state index in [4.69, 9.17) is 11.6 Å². The number of halogens is 2. The zero-order valence-corrected chi connectivity index (χ0v) is 12.7. The third-order valence-corrected chi connectivity index (χ3v) is 3.62. The topological polar surface area (TPSA) is 88.1 Å². The van der Waals surface area contributed by atoms with Crippen molar-refractivity contribution in [3.8, 4) is 0 Å². The van der Waals surface area contributed by atoms with Crippen molar-refractivity contribution in [1.82, 2.24) is 9.78 Å². The van der Waals surface area contributed by atoms with Crippen molar-refractivity contribution in [2.45, 2.75) is 13.0 Å². The van der Waals surface area contributed by atoms with Crippen LogP contribution in [0.25, 0.3) is 0 Å². The maximum Gasteiger partial charge on any atom is 0.314 e. The molecular weight excluding hydrogens is 325 g/mol. The molecule has 0 unspecified atom stereocenters. The number of nitrogens with zero attached hydrogens (tertiary/aromatic N) is 2. The third-order valence-electron chi connectivity index (χ3n) is 3.31. The Morgan fingerprint density at radius 3 is 2.87 bits per heavy atom. The minimum atomic E-state index is -0.914. The number of carbonyl (C=O) groups excluding carboxylic acids is 2. The Labute approximate surface area is 135 Å². The molecule has 120 valence electrons. The summed E-state index contributed by atoms with van der Waals surface area (Å²) >= 11 is 5.56. The summed E-state index contributed by atoms with van der Waals surface area (Å²) in [6.07, 6.45) is 2.41. The van der Waals surface area contributed by atoms with Crippen molar-refractivity contribution < 1.29 is 14.0 Å². The maximum atomic E-state index is 13.3. The van der Waals surface area contributed by atoms with E-state index < -0.39 is 17.6 Å². The Balaban J connectivity index is 1.67. The molecular formula is C14H13ClFN5O2. The van der Waals surface area contributed by atoms with Crippen molar-refractivity contribution in [3.63, 3.8) is 0 Å². The molecule has 0 fully saturated rings. The van der Waals surface area contributed by atoms with Crippen molar-refractivity contribution in [1.29, 1.82) is 0 Å². The van der Waals surface area contributed by atoms with E-state index >= 15 is 0 Å². The first kappa shape index (κ1) is 15.3. The predicted octanol–water partition coefficient (Wildman–Crippen LogP) is 2.07. The summed E-state index contributed by atoms with van der Waals surface area (Å²) < 4.78 is 15.0. The minimum Gasteiger partial charge on any atom is -0.368 e. The molecule has 1 aliphatic rings. The average Bonchev–Trinajstić information content (AvgIpc) is 2.94. The van der Waals surface area contributed by atoms with E-state index in [1.54, 1.807) is 4.68 Å². The van der Waals surface area contributed by atoms with Crippen LogP contribution in [0.2, 0.25) is 5.02 Å². The molecule has 0 radical (unpaired) electrons. The van der Waals surface area contributed by atoms with E-state index in [9.17, 15) is 14.0 Å². The molecule has 0 spiro atoms. The van der Waals surface area contributed by atoms with Crippen LogP contribution in [-0.2, 0) is 16.1 Å². The molecule has 0 saturated heterocycles. The minimum absolute atomic E-state index is 0.0648. The lowest BCUT2D eigenvalue weighted by Gasteiger charge is -2.17. The molecule has 3 N–H and O–H groups in total. The summed E-state index contributed by atoms with van der Waals surface area (Å²) in [7, 11) is 0. The van der Waals surface area contributed by atoms with Gasteiger partial charge in [-0.3, -0.25) is 9.59 Å². The van der Waals surface area contributed by atoms with Gasteiger partial charge in [-0.25, -0.2) is 9.07 Å². The van der Waals surface area contributed by atoms with Gasteiger partial charge in [-0.2, -0.15) is 5.10 Å². The van der Waals surface area contributed by atoms with Gasteiger partial charge in [-0.05, 0) is 24.6 Å². The summed E-state index contributed by atoms with van der Waals surface area (Å²) in [6, 6.07) is 3.74. The smallest absolute Gasteiger partial charge is 0.314 e. The molecule has 23 heavy (non-hydrogen) atoms. The van der Waals surface area contributed by atoms with Crippen LogP contribution in [0.3, 0.4) is 0 Å². The van der Waals surface area contributed by atoms with Gasteiger partial charge in [-0.1, -0.05) is 11.6 Å². The molecule has 3 rings (SSSR count). The first-order valence-corrected chi connectivity index (χ1v) is 7.29. The average molecular weight is 338 g/mol. The van der Waals surface area contributed by atoms with E-state index in [2.05, 4.69) is 21.0 Å². The van der Waals surface area contributed by atoms with Crippen molar-refractivity contribution >= 4 is 40.6 Å². The Bertz CT molecular complexity index is 777. The van der Waals surface area contributed by atoms with Crippen molar-refractivity contribution in [2.75, 3.05) is 22.5 Å². The van der Waals surface area contributed by atoms with Crippen LogP contribution in [0.15, 0.2) is 24.4 Å². The largest absolute Gasteiger partial charge is 0.368 e. The number of aryl methyl sites for hydroxylation is 1. The number of anilines is 3. The SMILES string of the molecule is O=C(Nc1ccc(Cl)c(F)c1)C(=O)Nc1cnn2c1NCCC2. The van der Waals surface area contributed by atoms with E-state index in [1.807, 2.05) is 0 Å². The molecule has 1 aromatic carbocycles. The van der Waals surface area contributed by atoms with Crippen molar-refractivity contribution in [2.24, 2.45) is 0 Å². The number of hydrogen-bond donors (Lipinski definition) is 3. The second-order valence-electron chi connectivity index (χ2n) is 4.95. The second-order valence-corrected chi connectivity index (χ2v) is 5.35. The highest BCUT2D eigenvalue weighted by atomic mass is 35.5. The Morgan fingerprint density at radius 2 is 2.09 bits per heavy atom. The van der Waals surface area contributed by atoms with E-state index in [0.29, 0.717) is 11.5 Å². The molecule has 0 bridgehead atoms. The predicted molar refractivity (Wildman–Crippen MR) is 84.0 cm³/mol. The second kappa shape index (κ2) is 6.25. The zero-order chi connectivity index (χ0) is 16.4. The first-order valence-electron chi connectivity index (χ1n) is 6.91. The molecule has 2 amide bonds. The van der Waals surface area contributed by atoms with Gasteiger partial charge in [0, 0.05) is 18.8 Å². The molecule has 0 aliphatic carbocycles. The van der Waals surface area contributed by atoms with Gasteiger partial charge in [0.05, 0.1) is 11.2 Å². The number of fused-ring (bicyclic) bond motifs is 1. The van der Waals surface area contributed by atoms with Crippen LogP contribution in [0, 0.1) is 5.82 Å². The number of aromatic nitrogens is 2. The van der Waals surface area contributed by atoms with Crippen LogP contribution in [0.5, 0.6) is 0 Å². The molecule has 0 atom stereocenters. The number of rotatable bonds is 2. The van der Waals surface area contributed by atoms with Gasteiger partial charge >= 0.3 is 11.8 Å². The highest BCUT2D eigenvalue weighted by molar-refractivity contribution is 6.44. The maximum absolute atomic E-state index is 13.3. The monoisotopic (exact) mass is 337 g/mol. The summed E-state index contributed by atoms with van der Waals surface area (Å²) in [4.78, 5) is 23.8. The van der Waals surface area contributed by atoms with Crippen LogP contribution < -0.4 is 16.0 Å². The van der Waals surface area contributed by atoms with Gasteiger partial charge in [0.15, 0.2) is 0 Å². The summed E-state index contributed by atoms with van der Waals surface area (Å²) in [6.45, 7) is 1.51. The molecule has 9 heteroatoms. The third kappa shape index (κ3) is 3.26. The lowest BCUT2D eigenvalue weighted by Crippen LogP contribution is -2.29. The molecule has 7 nitrogen and oxygen atoms in total. The highest BCUT2D eigenvalue weighted by Gasteiger charge is 2.20. The molecule has 1 aromatic heterocycles. The summed E-state index contributed by atoms with van der Waals surface area (Å²) in [5.74, 6) is -1.80. The van der Waals surface area contributed by atoms with Crippen LogP contribution >= 0.6 is 11.6 Å². The molecule has 1 aliphatic heterocycles. The molecule has 0 saturated carbocycles. The fourth-order valence-electron chi connectivity index (χ4n) is 2.21. The number of amides is 2. The molecule has 2 aromatic rings. The van der Waals surface area contributed by atoms with E-state index in [-0.39, 0.29) is 10.7 Å². The Hall–Kier alpha value is -2.61. The number of hydrogen-bond acceptors (Lipinski definition) is 4. The molecule has 2 heterocycles. The van der Waals surface area contributed by atoms with Crippen molar-refractivity contribution in [3.05, 3.63) is 35.2 Å². The fourth-order valence-corrected chi connectivity index (χ4v) is 2.33. The fraction of sp³-hybridized carbons (Fsp3) is 0.214. The number of carbonyl (C=O) groups is 2. The standard InChI is InChI=1S/C14H13ClFN5O2/c15-9-3-2-8(6-10(9)16)19-13(22)14(23)20-11-7-18-21-5-1-4-17-12(11)21/h2-3,6-7,17H,1,4-5H2,(H,19,22)(H,20,23). The van der Waals surface area contributed by atoms with Crippen LogP contribution in [0.4, 0.5) is 21.6 Å². The van der Waals surface area contributed by atoms with Gasteiger partial charge in [0.1, 0.15) is 17.3 Å². The van der Waals surface area contributed by atoms with Gasteiger partial charge in [0.2, 0.25) is 0 Å². The Kier molecular flexibility index (Phi) is 4.16.